The van der Waals surface area contributed by atoms with E-state index in [0.717, 1.165) is 19.3 Å². The molecule has 1 atom stereocenters. The Morgan fingerprint density at radius 3 is 2.89 bits per heavy atom. The molecule has 0 aliphatic carbocycles. The van der Waals surface area contributed by atoms with E-state index >= 15 is 0 Å². The first-order valence-corrected chi connectivity index (χ1v) is 6.83. The van der Waals surface area contributed by atoms with Crippen molar-refractivity contribution in [1.82, 2.24) is 5.32 Å². The summed E-state index contributed by atoms with van der Waals surface area (Å²) in [5.41, 5.74) is 5.90. The second-order valence-electron chi connectivity index (χ2n) is 4.17. The Labute approximate surface area is 115 Å². The topological polar surface area (TPSA) is 55.1 Å². The van der Waals surface area contributed by atoms with Crippen LogP contribution in [0.3, 0.4) is 0 Å². The molecule has 0 aliphatic rings. The lowest BCUT2D eigenvalue weighted by Crippen LogP contribution is -2.40. The van der Waals surface area contributed by atoms with Crippen LogP contribution in [-0.2, 0) is 0 Å². The number of hydrogen-bond donors (Lipinski definition) is 2. The number of rotatable bonds is 6. The van der Waals surface area contributed by atoms with Gasteiger partial charge in [-0.25, -0.2) is 4.39 Å². The maximum absolute atomic E-state index is 13.1. The molecule has 1 amide bonds. The number of benzene rings is 1. The molecule has 0 saturated heterocycles. The van der Waals surface area contributed by atoms with Gasteiger partial charge >= 0.3 is 0 Å². The van der Waals surface area contributed by atoms with E-state index in [9.17, 15) is 9.18 Å². The normalized spacial score (nSPS) is 12.2. The summed E-state index contributed by atoms with van der Waals surface area (Å²) >= 11 is 3.24. The molecule has 0 spiro atoms. The molecular formula is C13H18BrFN2O. The zero-order chi connectivity index (χ0) is 13.5. The number of carbonyl (C=O) groups is 1. The van der Waals surface area contributed by atoms with Crippen LogP contribution in [0, 0.1) is 5.82 Å². The van der Waals surface area contributed by atoms with Gasteiger partial charge in [0.05, 0.1) is 5.56 Å². The Morgan fingerprint density at radius 2 is 2.28 bits per heavy atom. The first-order chi connectivity index (χ1) is 8.58. The molecule has 5 heteroatoms. The van der Waals surface area contributed by atoms with Gasteiger partial charge in [-0.15, -0.1) is 0 Å². The molecule has 1 unspecified atom stereocenters. The van der Waals surface area contributed by atoms with E-state index in [1.165, 1.54) is 18.2 Å². The predicted molar refractivity (Wildman–Crippen MR) is 73.9 cm³/mol. The fraction of sp³-hybridized carbons (Fsp3) is 0.462. The van der Waals surface area contributed by atoms with Crippen molar-refractivity contribution in [1.29, 1.82) is 0 Å². The molecule has 0 fully saturated rings. The third-order valence-electron chi connectivity index (χ3n) is 2.70. The van der Waals surface area contributed by atoms with Gasteiger partial charge in [-0.2, -0.15) is 0 Å². The maximum Gasteiger partial charge on any atom is 0.252 e. The van der Waals surface area contributed by atoms with Crippen molar-refractivity contribution < 1.29 is 9.18 Å². The Balaban J connectivity index is 2.71. The Hall–Kier alpha value is -0.940. The highest BCUT2D eigenvalue weighted by Crippen LogP contribution is 2.18. The average molecular weight is 317 g/mol. The standard InChI is InChI=1S/C13H18BrFN2O/c1-2-3-4-10(8-16)17-13(18)11-7-9(15)5-6-12(11)14/h5-7,10H,2-4,8,16H2,1H3,(H,17,18). The zero-order valence-corrected chi connectivity index (χ0v) is 12.0. The molecule has 3 N–H and O–H groups in total. The van der Waals surface area contributed by atoms with Crippen molar-refractivity contribution in [2.45, 2.75) is 32.2 Å². The van der Waals surface area contributed by atoms with Crippen LogP contribution in [0.25, 0.3) is 0 Å². The fourth-order valence-corrected chi connectivity index (χ4v) is 2.06. The highest BCUT2D eigenvalue weighted by Gasteiger charge is 2.15. The molecule has 1 rings (SSSR count). The van der Waals surface area contributed by atoms with Crippen LogP contribution in [0.4, 0.5) is 4.39 Å². The van der Waals surface area contributed by atoms with Crippen molar-refractivity contribution in [3.8, 4) is 0 Å². The van der Waals surface area contributed by atoms with Crippen LogP contribution in [0.15, 0.2) is 22.7 Å². The van der Waals surface area contributed by atoms with Crippen LogP contribution >= 0.6 is 15.9 Å². The van der Waals surface area contributed by atoms with E-state index < -0.39 is 5.82 Å². The van der Waals surface area contributed by atoms with Gasteiger partial charge in [0.2, 0.25) is 0 Å². The molecule has 1 aromatic rings. The zero-order valence-electron chi connectivity index (χ0n) is 10.4. The number of carbonyl (C=O) groups excluding carboxylic acids is 1. The monoisotopic (exact) mass is 316 g/mol. The largest absolute Gasteiger partial charge is 0.348 e. The molecule has 0 heterocycles. The number of hydrogen-bond acceptors (Lipinski definition) is 2. The van der Waals surface area contributed by atoms with E-state index in [1.54, 1.807) is 0 Å². The van der Waals surface area contributed by atoms with E-state index in [-0.39, 0.29) is 11.9 Å². The number of amides is 1. The minimum Gasteiger partial charge on any atom is -0.348 e. The second-order valence-corrected chi connectivity index (χ2v) is 5.03. The molecule has 0 radical (unpaired) electrons. The van der Waals surface area contributed by atoms with Gasteiger partial charge in [0.1, 0.15) is 5.82 Å². The molecule has 3 nitrogen and oxygen atoms in total. The molecule has 1 aromatic carbocycles. The smallest absolute Gasteiger partial charge is 0.252 e. The molecular weight excluding hydrogens is 299 g/mol. The fourth-order valence-electron chi connectivity index (χ4n) is 1.63. The number of unbranched alkanes of at least 4 members (excludes halogenated alkanes) is 1. The summed E-state index contributed by atoms with van der Waals surface area (Å²) in [5.74, 6) is -0.728. The predicted octanol–water partition coefficient (Wildman–Crippen LogP) is 2.84. The molecule has 0 aromatic heterocycles. The van der Waals surface area contributed by atoms with Gasteiger partial charge in [-0.3, -0.25) is 4.79 Å². The molecule has 0 aliphatic heterocycles. The summed E-state index contributed by atoms with van der Waals surface area (Å²) in [7, 11) is 0. The van der Waals surface area contributed by atoms with Crippen molar-refractivity contribution in [3.63, 3.8) is 0 Å². The highest BCUT2D eigenvalue weighted by atomic mass is 79.9. The van der Waals surface area contributed by atoms with Gasteiger partial charge in [0.15, 0.2) is 0 Å². The minimum absolute atomic E-state index is 0.0624. The van der Waals surface area contributed by atoms with E-state index in [0.29, 0.717) is 16.6 Å². The van der Waals surface area contributed by atoms with Gasteiger partial charge in [0, 0.05) is 17.1 Å². The number of halogens is 2. The molecule has 100 valence electrons. The van der Waals surface area contributed by atoms with Crippen LogP contribution in [0.2, 0.25) is 0 Å². The first-order valence-electron chi connectivity index (χ1n) is 6.04. The van der Waals surface area contributed by atoms with Crippen molar-refractivity contribution in [2.24, 2.45) is 5.73 Å². The Bertz CT molecular complexity index is 412. The Morgan fingerprint density at radius 1 is 1.56 bits per heavy atom. The number of nitrogens with one attached hydrogen (secondary N) is 1. The summed E-state index contributed by atoms with van der Waals surface area (Å²) in [6.07, 6.45) is 2.90. The lowest BCUT2D eigenvalue weighted by molar-refractivity contribution is 0.0934. The third-order valence-corrected chi connectivity index (χ3v) is 3.39. The summed E-state index contributed by atoms with van der Waals surface area (Å²) in [4.78, 5) is 12.0. The minimum atomic E-state index is -0.429. The highest BCUT2D eigenvalue weighted by molar-refractivity contribution is 9.10. The van der Waals surface area contributed by atoms with Crippen molar-refractivity contribution in [2.75, 3.05) is 6.54 Å². The van der Waals surface area contributed by atoms with Crippen LogP contribution in [0.1, 0.15) is 36.5 Å². The van der Waals surface area contributed by atoms with E-state index in [1.807, 2.05) is 0 Å². The van der Waals surface area contributed by atoms with Gasteiger partial charge in [0.25, 0.3) is 5.91 Å². The van der Waals surface area contributed by atoms with Crippen molar-refractivity contribution in [3.05, 3.63) is 34.1 Å². The van der Waals surface area contributed by atoms with E-state index in [4.69, 9.17) is 5.73 Å². The molecule has 0 bridgehead atoms. The van der Waals surface area contributed by atoms with Gasteiger partial charge < -0.3 is 11.1 Å². The SMILES string of the molecule is CCCCC(CN)NC(=O)c1cc(F)ccc1Br. The van der Waals surface area contributed by atoms with E-state index in [2.05, 4.69) is 28.2 Å². The lowest BCUT2D eigenvalue weighted by Gasteiger charge is -2.17. The summed E-state index contributed by atoms with van der Waals surface area (Å²) in [6.45, 7) is 2.47. The maximum atomic E-state index is 13.1. The summed E-state index contributed by atoms with van der Waals surface area (Å²) in [6, 6.07) is 3.98. The summed E-state index contributed by atoms with van der Waals surface area (Å²) < 4.78 is 13.7. The van der Waals surface area contributed by atoms with Gasteiger partial charge in [-0.1, -0.05) is 19.8 Å². The quantitative estimate of drug-likeness (QED) is 0.848. The lowest BCUT2D eigenvalue weighted by atomic mass is 10.1. The number of nitrogens with two attached hydrogens (primary N) is 1. The third kappa shape index (κ3) is 4.38. The summed E-state index contributed by atoms with van der Waals surface area (Å²) in [5, 5.41) is 2.83. The average Bonchev–Trinajstić information content (AvgIpc) is 2.37. The molecule has 0 saturated carbocycles. The first kappa shape index (κ1) is 15.1. The van der Waals surface area contributed by atoms with Crippen molar-refractivity contribution >= 4 is 21.8 Å². The Kier molecular flexibility index (Phi) is 6.29. The second kappa shape index (κ2) is 7.48. The van der Waals surface area contributed by atoms with Gasteiger partial charge in [-0.05, 0) is 40.5 Å². The van der Waals surface area contributed by atoms with Crippen LogP contribution in [0.5, 0.6) is 0 Å². The van der Waals surface area contributed by atoms with Crippen LogP contribution in [-0.4, -0.2) is 18.5 Å². The molecule has 18 heavy (non-hydrogen) atoms. The van der Waals surface area contributed by atoms with Crippen LogP contribution < -0.4 is 11.1 Å².